The van der Waals surface area contributed by atoms with Crippen LogP contribution in [0.25, 0.3) is 0 Å². The summed E-state index contributed by atoms with van der Waals surface area (Å²) in [5.41, 5.74) is 3.30. The van der Waals surface area contributed by atoms with Gasteiger partial charge < -0.3 is 5.32 Å². The number of benzene rings is 2. The van der Waals surface area contributed by atoms with Crippen LogP contribution in [-0.4, -0.2) is 27.1 Å². The maximum Gasteiger partial charge on any atom is 0.264 e. The predicted molar refractivity (Wildman–Crippen MR) is 106 cm³/mol. The molecule has 1 aliphatic rings. The van der Waals surface area contributed by atoms with Gasteiger partial charge in [-0.2, -0.15) is 0 Å². The number of amides is 1. The van der Waals surface area contributed by atoms with Crippen molar-refractivity contribution >= 4 is 39.1 Å². The van der Waals surface area contributed by atoms with E-state index in [0.717, 1.165) is 16.0 Å². The second kappa shape index (κ2) is 6.96. The third-order valence-electron chi connectivity index (χ3n) is 4.66. The van der Waals surface area contributed by atoms with Crippen molar-refractivity contribution in [1.29, 1.82) is 0 Å². The Morgan fingerprint density at radius 1 is 1.12 bits per heavy atom. The molecule has 3 rings (SSSR count). The monoisotopic (exact) mass is 390 g/mol. The van der Waals surface area contributed by atoms with Gasteiger partial charge in [-0.3, -0.25) is 9.10 Å². The molecule has 1 aliphatic heterocycles. The zero-order valence-electron chi connectivity index (χ0n) is 15.2. The first-order chi connectivity index (χ1) is 12.2. The Balaban J connectivity index is 1.98. The predicted octanol–water partition coefficient (Wildman–Crippen LogP) is 3.81. The number of carbonyl (C=O) groups is 1. The number of aryl methyl sites for hydroxylation is 2. The van der Waals surface area contributed by atoms with Gasteiger partial charge in [-0.05, 0) is 55.3 Å². The summed E-state index contributed by atoms with van der Waals surface area (Å²) in [6.45, 7) is 5.80. The van der Waals surface area contributed by atoms with Crippen LogP contribution in [0.2, 0.25) is 0 Å². The molecule has 1 amide bonds. The number of carbonyl (C=O) groups excluding carboxylic acids is 1. The minimum absolute atomic E-state index is 0.0895. The van der Waals surface area contributed by atoms with Crippen molar-refractivity contribution in [2.45, 2.75) is 30.6 Å². The van der Waals surface area contributed by atoms with Crippen molar-refractivity contribution in [2.75, 3.05) is 22.4 Å². The summed E-state index contributed by atoms with van der Waals surface area (Å²) >= 11 is 1.56. The Morgan fingerprint density at radius 2 is 1.85 bits per heavy atom. The van der Waals surface area contributed by atoms with E-state index < -0.39 is 10.0 Å². The van der Waals surface area contributed by atoms with Gasteiger partial charge in [0.15, 0.2) is 0 Å². The van der Waals surface area contributed by atoms with E-state index in [0.29, 0.717) is 17.1 Å². The van der Waals surface area contributed by atoms with Crippen molar-refractivity contribution in [3.8, 4) is 0 Å². The molecule has 0 aliphatic carbocycles. The topological polar surface area (TPSA) is 66.5 Å². The van der Waals surface area contributed by atoms with Crippen LogP contribution in [0.4, 0.5) is 11.4 Å². The van der Waals surface area contributed by atoms with Crippen LogP contribution >= 0.6 is 11.8 Å². The smallest absolute Gasteiger partial charge is 0.264 e. The lowest BCUT2D eigenvalue weighted by Crippen LogP contribution is -2.27. The number of hydrogen-bond donors (Lipinski definition) is 1. The zero-order valence-corrected chi connectivity index (χ0v) is 16.9. The highest BCUT2D eigenvalue weighted by Gasteiger charge is 2.25. The summed E-state index contributed by atoms with van der Waals surface area (Å²) in [6, 6.07) is 10.5. The lowest BCUT2D eigenvalue weighted by molar-refractivity contribution is -0.118. The molecule has 2 aromatic rings. The van der Waals surface area contributed by atoms with Gasteiger partial charge >= 0.3 is 0 Å². The molecule has 1 heterocycles. The molecule has 0 spiro atoms. The van der Waals surface area contributed by atoms with E-state index in [1.54, 1.807) is 43.1 Å². The number of nitrogens with zero attached hydrogens (tertiary/aromatic N) is 1. The van der Waals surface area contributed by atoms with E-state index in [2.05, 4.69) is 5.32 Å². The van der Waals surface area contributed by atoms with E-state index in [9.17, 15) is 13.2 Å². The molecule has 5 nitrogen and oxygen atoms in total. The van der Waals surface area contributed by atoms with Crippen LogP contribution in [0.5, 0.6) is 0 Å². The van der Waals surface area contributed by atoms with Gasteiger partial charge in [0.2, 0.25) is 5.91 Å². The van der Waals surface area contributed by atoms with Crippen molar-refractivity contribution in [1.82, 2.24) is 0 Å². The molecule has 0 fully saturated rings. The van der Waals surface area contributed by atoms with Crippen LogP contribution in [0.1, 0.15) is 18.1 Å². The number of thioether (sulfide) groups is 1. The molecule has 0 bridgehead atoms. The van der Waals surface area contributed by atoms with Crippen LogP contribution in [-0.2, 0) is 14.8 Å². The highest BCUT2D eigenvalue weighted by molar-refractivity contribution is 7.99. The Labute approximate surface area is 158 Å². The molecule has 0 aromatic heterocycles. The molecule has 0 saturated heterocycles. The van der Waals surface area contributed by atoms with Crippen LogP contribution in [0.3, 0.4) is 0 Å². The number of fused-ring (bicyclic) bond motifs is 1. The quantitative estimate of drug-likeness (QED) is 0.865. The lowest BCUT2D eigenvalue weighted by Gasteiger charge is -2.21. The molecule has 7 heteroatoms. The maximum atomic E-state index is 13.1. The average molecular weight is 391 g/mol. The number of nitrogens with one attached hydrogen (secondary N) is 1. The summed E-state index contributed by atoms with van der Waals surface area (Å²) < 4.78 is 27.4. The second-order valence-electron chi connectivity index (χ2n) is 6.60. The standard InChI is InChI=1S/C19H22N2O3S2/c1-12-5-6-15(9-13(12)2)21(4)26(23,24)16-7-8-18-17(10-16)20-19(22)14(3)11-25-18/h5-10,14H,11H2,1-4H3,(H,20,22)/t14-/m0/s1. The van der Waals surface area contributed by atoms with Crippen molar-refractivity contribution < 1.29 is 13.2 Å². The minimum Gasteiger partial charge on any atom is -0.325 e. The van der Waals surface area contributed by atoms with Crippen molar-refractivity contribution in [2.24, 2.45) is 5.92 Å². The number of anilines is 2. The van der Waals surface area contributed by atoms with Gasteiger partial charge in [-0.25, -0.2) is 8.42 Å². The van der Waals surface area contributed by atoms with Crippen LogP contribution < -0.4 is 9.62 Å². The Kier molecular flexibility index (Phi) is 5.03. The first-order valence-corrected chi connectivity index (χ1v) is 10.8. The molecular formula is C19H22N2O3S2. The summed E-state index contributed by atoms with van der Waals surface area (Å²) in [7, 11) is -2.18. The van der Waals surface area contributed by atoms with E-state index in [4.69, 9.17) is 0 Å². The van der Waals surface area contributed by atoms with E-state index >= 15 is 0 Å². The van der Waals surface area contributed by atoms with Crippen molar-refractivity contribution in [3.63, 3.8) is 0 Å². The van der Waals surface area contributed by atoms with Gasteiger partial charge in [-0.1, -0.05) is 13.0 Å². The first kappa shape index (κ1) is 18.8. The molecule has 1 atom stereocenters. The van der Waals surface area contributed by atoms with E-state index in [1.807, 2.05) is 32.9 Å². The fourth-order valence-corrected chi connectivity index (χ4v) is 4.88. The molecule has 0 radical (unpaired) electrons. The summed E-state index contributed by atoms with van der Waals surface area (Å²) in [5, 5.41) is 2.84. The SMILES string of the molecule is Cc1ccc(N(C)S(=O)(=O)c2ccc3c(c2)NC(=O)[C@@H](C)CS3)cc1C. The minimum atomic E-state index is -3.73. The normalized spacial score (nSPS) is 17.2. The highest BCUT2D eigenvalue weighted by Crippen LogP contribution is 2.35. The van der Waals surface area contributed by atoms with Crippen molar-refractivity contribution in [3.05, 3.63) is 47.5 Å². The Morgan fingerprint density at radius 3 is 2.54 bits per heavy atom. The lowest BCUT2D eigenvalue weighted by atomic mass is 10.1. The Hall–Kier alpha value is -1.99. The average Bonchev–Trinajstić information content (AvgIpc) is 2.75. The number of rotatable bonds is 3. The molecule has 26 heavy (non-hydrogen) atoms. The molecule has 2 aromatic carbocycles. The number of hydrogen-bond acceptors (Lipinski definition) is 4. The largest absolute Gasteiger partial charge is 0.325 e. The van der Waals surface area contributed by atoms with Crippen LogP contribution in [0, 0.1) is 19.8 Å². The van der Waals surface area contributed by atoms with Crippen LogP contribution in [0.15, 0.2) is 46.2 Å². The third-order valence-corrected chi connectivity index (χ3v) is 7.77. The summed E-state index contributed by atoms with van der Waals surface area (Å²) in [6.07, 6.45) is 0. The third kappa shape index (κ3) is 3.46. The maximum absolute atomic E-state index is 13.1. The fraction of sp³-hybridized carbons (Fsp3) is 0.316. The molecule has 0 unspecified atom stereocenters. The summed E-state index contributed by atoms with van der Waals surface area (Å²) in [4.78, 5) is 13.1. The fourth-order valence-electron chi connectivity index (χ4n) is 2.66. The Bertz CT molecular complexity index is 971. The van der Waals surface area contributed by atoms with E-state index in [-0.39, 0.29) is 16.7 Å². The summed E-state index contributed by atoms with van der Waals surface area (Å²) in [5.74, 6) is 0.465. The van der Waals surface area contributed by atoms with Gasteiger partial charge in [0, 0.05) is 23.6 Å². The molecule has 0 saturated carbocycles. The molecular weight excluding hydrogens is 368 g/mol. The van der Waals surface area contributed by atoms with Gasteiger partial charge in [0.05, 0.1) is 16.3 Å². The zero-order chi connectivity index (χ0) is 19.1. The number of sulfonamides is 1. The second-order valence-corrected chi connectivity index (χ2v) is 9.63. The van der Waals surface area contributed by atoms with Gasteiger partial charge in [-0.15, -0.1) is 11.8 Å². The first-order valence-electron chi connectivity index (χ1n) is 8.34. The molecule has 138 valence electrons. The van der Waals surface area contributed by atoms with Gasteiger partial charge in [0.25, 0.3) is 10.0 Å². The molecule has 1 N–H and O–H groups in total. The van der Waals surface area contributed by atoms with Gasteiger partial charge in [0.1, 0.15) is 0 Å². The van der Waals surface area contributed by atoms with E-state index in [1.165, 1.54) is 4.31 Å². The highest BCUT2D eigenvalue weighted by atomic mass is 32.2.